The number of nitrogens with two attached hydrogens (primary N) is 1. The van der Waals surface area contributed by atoms with Gasteiger partial charge in [-0.2, -0.15) is 0 Å². The van der Waals surface area contributed by atoms with Gasteiger partial charge in [0.05, 0.1) is 7.11 Å². The first-order chi connectivity index (χ1) is 5.13. The minimum Gasteiger partial charge on any atom is -0.468 e. The summed E-state index contributed by atoms with van der Waals surface area (Å²) < 4.78 is 8.74. The predicted molar refractivity (Wildman–Crippen MR) is 36.6 cm³/mol. The third kappa shape index (κ3) is 2.99. The molecule has 2 N–H and O–H groups in total. The molecule has 0 aliphatic carbocycles. The van der Waals surface area contributed by atoms with Gasteiger partial charge in [-0.25, -0.2) is 0 Å². The Labute approximate surface area is 64.5 Å². The maximum atomic E-state index is 10.7. The quantitative estimate of drug-likeness (QED) is 0.424. The highest BCUT2D eigenvalue weighted by Crippen LogP contribution is 1.95. The van der Waals surface area contributed by atoms with Crippen LogP contribution in [0.15, 0.2) is 0 Å². The van der Waals surface area contributed by atoms with Gasteiger partial charge in [-0.05, 0) is 6.92 Å². The SMILES string of the molecule is COC(=O)[C@@H](N)[C@@H](C)OC=O. The number of carbonyl (C=O) groups is 2. The molecule has 5 heteroatoms. The molecule has 5 nitrogen and oxygen atoms in total. The highest BCUT2D eigenvalue weighted by molar-refractivity contribution is 5.76. The Morgan fingerprint density at radius 2 is 2.18 bits per heavy atom. The molecule has 0 bridgehead atoms. The predicted octanol–water partition coefficient (Wildman–Crippen LogP) is -0.952. The van der Waals surface area contributed by atoms with Crippen LogP contribution >= 0.6 is 0 Å². The molecule has 64 valence electrons. The first-order valence-corrected chi connectivity index (χ1v) is 3.06. The van der Waals surface area contributed by atoms with Crippen LogP contribution in [0.25, 0.3) is 0 Å². The van der Waals surface area contributed by atoms with Crippen molar-refractivity contribution >= 4 is 12.4 Å². The van der Waals surface area contributed by atoms with Crippen LogP contribution in [0, 0.1) is 0 Å². The maximum absolute atomic E-state index is 10.7. The highest BCUT2D eigenvalue weighted by Gasteiger charge is 2.22. The fourth-order valence-corrected chi connectivity index (χ4v) is 0.500. The molecule has 0 aromatic heterocycles. The summed E-state index contributed by atoms with van der Waals surface area (Å²) in [5.74, 6) is -0.598. The molecule has 0 aromatic rings. The van der Waals surface area contributed by atoms with E-state index in [9.17, 15) is 9.59 Å². The van der Waals surface area contributed by atoms with E-state index in [-0.39, 0.29) is 6.47 Å². The molecule has 2 atom stereocenters. The van der Waals surface area contributed by atoms with Gasteiger partial charge < -0.3 is 15.2 Å². The van der Waals surface area contributed by atoms with Crippen LogP contribution in [0.2, 0.25) is 0 Å². The zero-order valence-electron chi connectivity index (χ0n) is 6.44. The Hall–Kier alpha value is -1.10. The fourth-order valence-electron chi connectivity index (χ4n) is 0.500. The van der Waals surface area contributed by atoms with Crippen molar-refractivity contribution in [3.8, 4) is 0 Å². The first-order valence-electron chi connectivity index (χ1n) is 3.06. The average molecular weight is 161 g/mol. The van der Waals surface area contributed by atoms with Gasteiger partial charge in [0.25, 0.3) is 6.47 Å². The van der Waals surface area contributed by atoms with Crippen molar-refractivity contribution in [2.75, 3.05) is 7.11 Å². The average Bonchev–Trinajstić information content (AvgIpc) is 2.02. The van der Waals surface area contributed by atoms with E-state index in [0.717, 1.165) is 0 Å². The van der Waals surface area contributed by atoms with Gasteiger partial charge in [0.1, 0.15) is 12.1 Å². The number of methoxy groups -OCH3 is 1. The lowest BCUT2D eigenvalue weighted by Crippen LogP contribution is -2.42. The third-order valence-electron chi connectivity index (χ3n) is 1.25. The van der Waals surface area contributed by atoms with Crippen LogP contribution in [0.3, 0.4) is 0 Å². The summed E-state index contributed by atoms with van der Waals surface area (Å²) in [4.78, 5) is 20.5. The Balaban J connectivity index is 3.89. The number of ether oxygens (including phenoxy) is 2. The van der Waals surface area contributed by atoms with Gasteiger partial charge in [0.15, 0.2) is 0 Å². The van der Waals surface area contributed by atoms with Crippen molar-refractivity contribution in [1.82, 2.24) is 0 Å². The van der Waals surface area contributed by atoms with Crippen LogP contribution in [0.1, 0.15) is 6.92 Å². The van der Waals surface area contributed by atoms with Crippen LogP contribution in [-0.4, -0.2) is 31.7 Å². The van der Waals surface area contributed by atoms with Gasteiger partial charge in [-0.1, -0.05) is 0 Å². The van der Waals surface area contributed by atoms with Crippen LogP contribution in [-0.2, 0) is 19.1 Å². The second-order valence-electron chi connectivity index (χ2n) is 1.99. The summed E-state index contributed by atoms with van der Waals surface area (Å²) in [5, 5.41) is 0. The molecule has 0 saturated heterocycles. The Bertz CT molecular complexity index is 148. The largest absolute Gasteiger partial charge is 0.468 e. The van der Waals surface area contributed by atoms with Gasteiger partial charge in [-0.15, -0.1) is 0 Å². The van der Waals surface area contributed by atoms with Gasteiger partial charge in [-0.3, -0.25) is 9.59 Å². The van der Waals surface area contributed by atoms with Crippen LogP contribution in [0.4, 0.5) is 0 Å². The molecule has 0 amide bonds. The van der Waals surface area contributed by atoms with E-state index in [1.807, 2.05) is 0 Å². The number of esters is 1. The lowest BCUT2D eigenvalue weighted by molar-refractivity contribution is -0.148. The molecule has 0 unspecified atom stereocenters. The lowest BCUT2D eigenvalue weighted by Gasteiger charge is -2.14. The van der Waals surface area contributed by atoms with E-state index >= 15 is 0 Å². The number of carbonyl (C=O) groups excluding carboxylic acids is 2. The molecule has 0 aliphatic heterocycles. The first kappa shape index (κ1) is 9.90. The summed E-state index contributed by atoms with van der Waals surface area (Å²) in [6, 6.07) is -0.912. The Morgan fingerprint density at radius 1 is 1.64 bits per heavy atom. The summed E-state index contributed by atoms with van der Waals surface area (Å²) in [6.07, 6.45) is -0.653. The molecule has 11 heavy (non-hydrogen) atoms. The molecular weight excluding hydrogens is 150 g/mol. The molecule has 0 rings (SSSR count). The van der Waals surface area contributed by atoms with E-state index < -0.39 is 18.1 Å². The summed E-state index contributed by atoms with van der Waals surface area (Å²) in [7, 11) is 1.22. The van der Waals surface area contributed by atoms with Crippen molar-refractivity contribution in [3.63, 3.8) is 0 Å². The third-order valence-corrected chi connectivity index (χ3v) is 1.25. The Kier molecular flexibility index (Phi) is 4.21. The van der Waals surface area contributed by atoms with Gasteiger partial charge >= 0.3 is 5.97 Å². The van der Waals surface area contributed by atoms with Crippen molar-refractivity contribution in [1.29, 1.82) is 0 Å². The standard InChI is InChI=1S/C6H11NO4/c1-4(11-3-8)5(7)6(9)10-2/h3-5H,7H2,1-2H3/t4-,5+/m1/s1. The summed E-state index contributed by atoms with van der Waals surface area (Å²) >= 11 is 0. The fraction of sp³-hybridized carbons (Fsp3) is 0.667. The molecule has 0 saturated carbocycles. The minimum absolute atomic E-state index is 0.244. The number of hydrogen-bond donors (Lipinski definition) is 1. The topological polar surface area (TPSA) is 78.6 Å². The normalized spacial score (nSPS) is 14.8. The molecule has 0 heterocycles. The van der Waals surface area contributed by atoms with Crippen LogP contribution in [0.5, 0.6) is 0 Å². The number of rotatable bonds is 4. The molecule has 0 radical (unpaired) electrons. The Morgan fingerprint density at radius 3 is 2.55 bits per heavy atom. The molecule has 0 aliphatic rings. The number of hydrogen-bond acceptors (Lipinski definition) is 5. The van der Waals surface area contributed by atoms with E-state index in [0.29, 0.717) is 0 Å². The van der Waals surface area contributed by atoms with Crippen LogP contribution < -0.4 is 5.73 Å². The second kappa shape index (κ2) is 4.68. The van der Waals surface area contributed by atoms with E-state index in [2.05, 4.69) is 9.47 Å². The monoisotopic (exact) mass is 161 g/mol. The second-order valence-corrected chi connectivity index (χ2v) is 1.99. The summed E-state index contributed by atoms with van der Waals surface area (Å²) in [5.41, 5.74) is 5.30. The maximum Gasteiger partial charge on any atom is 0.326 e. The van der Waals surface area contributed by atoms with E-state index in [4.69, 9.17) is 5.73 Å². The molecular formula is C6H11NO4. The van der Waals surface area contributed by atoms with Gasteiger partial charge in [0, 0.05) is 0 Å². The van der Waals surface area contributed by atoms with E-state index in [1.165, 1.54) is 14.0 Å². The molecule has 0 fully saturated rings. The van der Waals surface area contributed by atoms with Gasteiger partial charge in [0.2, 0.25) is 0 Å². The molecule has 0 spiro atoms. The highest BCUT2D eigenvalue weighted by atomic mass is 16.5. The minimum atomic E-state index is -0.912. The summed E-state index contributed by atoms with van der Waals surface area (Å²) in [6.45, 7) is 1.75. The zero-order valence-corrected chi connectivity index (χ0v) is 6.44. The lowest BCUT2D eigenvalue weighted by atomic mass is 10.2. The van der Waals surface area contributed by atoms with Crippen molar-refractivity contribution in [2.45, 2.75) is 19.1 Å². The van der Waals surface area contributed by atoms with Crippen molar-refractivity contribution in [3.05, 3.63) is 0 Å². The van der Waals surface area contributed by atoms with Crippen molar-refractivity contribution in [2.24, 2.45) is 5.73 Å². The van der Waals surface area contributed by atoms with E-state index in [1.54, 1.807) is 0 Å². The van der Waals surface area contributed by atoms with Crippen molar-refractivity contribution < 1.29 is 19.1 Å². The smallest absolute Gasteiger partial charge is 0.326 e. The zero-order chi connectivity index (χ0) is 8.85. The molecule has 0 aromatic carbocycles.